The molecule has 1 saturated carbocycles. The number of rotatable bonds is 38. The molecule has 0 bridgehead atoms. The zero-order valence-electron chi connectivity index (χ0n) is 37.4. The zero-order chi connectivity index (χ0) is 45.0. The quantitative estimate of drug-likeness (QED) is 0.0148. The molecule has 0 spiro atoms. The van der Waals surface area contributed by atoms with E-state index in [1.165, 1.54) is 89.9 Å². The smallest absolute Gasteiger partial charge is 0.462 e. The molecule has 354 valence electrons. The van der Waals surface area contributed by atoms with E-state index in [-0.39, 0.29) is 12.8 Å². The first kappa shape index (κ1) is 56.8. The number of esters is 2. The highest BCUT2D eigenvalue weighted by atomic mass is 31.2. The maximum Gasteiger partial charge on any atom is 0.472 e. The first-order chi connectivity index (χ1) is 29.4. The summed E-state index contributed by atoms with van der Waals surface area (Å²) in [6.45, 7) is 3.23. The predicted molar refractivity (Wildman–Crippen MR) is 239 cm³/mol. The summed E-state index contributed by atoms with van der Waals surface area (Å²) in [5.41, 5.74) is 0. The van der Waals surface area contributed by atoms with Crippen LogP contribution in [0.25, 0.3) is 0 Å². The minimum absolute atomic E-state index is 0.0213. The maximum absolute atomic E-state index is 12.8. The summed E-state index contributed by atoms with van der Waals surface area (Å²) in [6.07, 6.45) is 30.3. The van der Waals surface area contributed by atoms with Crippen molar-refractivity contribution in [2.45, 2.75) is 224 Å². The second kappa shape index (κ2) is 37.2. The highest BCUT2D eigenvalue weighted by molar-refractivity contribution is 7.47. The van der Waals surface area contributed by atoms with Gasteiger partial charge in [0.05, 0.1) is 6.61 Å². The van der Waals surface area contributed by atoms with Gasteiger partial charge in [-0.2, -0.15) is 0 Å². The third kappa shape index (κ3) is 29.7. The van der Waals surface area contributed by atoms with Crippen molar-refractivity contribution in [3.05, 3.63) is 48.6 Å². The van der Waals surface area contributed by atoms with Crippen molar-refractivity contribution < 1.29 is 63.1 Å². The van der Waals surface area contributed by atoms with Crippen LogP contribution in [-0.4, -0.2) is 98.3 Å². The number of carbonyl (C=O) groups is 2. The van der Waals surface area contributed by atoms with Crippen LogP contribution >= 0.6 is 7.82 Å². The second-order valence-electron chi connectivity index (χ2n) is 16.3. The van der Waals surface area contributed by atoms with Crippen molar-refractivity contribution in [3.8, 4) is 0 Å². The number of phosphoric ester groups is 1. The number of hydrogen-bond acceptors (Lipinski definition) is 12. The van der Waals surface area contributed by atoms with Gasteiger partial charge in [0, 0.05) is 12.8 Å². The largest absolute Gasteiger partial charge is 0.472 e. The average Bonchev–Trinajstić information content (AvgIpc) is 3.24. The Morgan fingerprint density at radius 1 is 0.508 bits per heavy atom. The van der Waals surface area contributed by atoms with Crippen molar-refractivity contribution >= 4 is 19.8 Å². The van der Waals surface area contributed by atoms with Crippen LogP contribution in [-0.2, 0) is 32.7 Å². The number of ether oxygens (including phenoxy) is 2. The molecule has 0 radical (unpaired) electrons. The van der Waals surface area contributed by atoms with E-state index in [1.54, 1.807) is 0 Å². The third-order valence-corrected chi connectivity index (χ3v) is 11.7. The van der Waals surface area contributed by atoms with Gasteiger partial charge in [0.1, 0.15) is 43.2 Å². The Hall–Kier alpha value is -2.19. The Kier molecular flexibility index (Phi) is 34.7. The van der Waals surface area contributed by atoms with Crippen LogP contribution in [0.2, 0.25) is 0 Å². The summed E-state index contributed by atoms with van der Waals surface area (Å²) in [4.78, 5) is 35.7. The monoisotopic (exact) mass is 887 g/mol. The van der Waals surface area contributed by atoms with Crippen molar-refractivity contribution in [1.82, 2.24) is 0 Å². The van der Waals surface area contributed by atoms with E-state index in [0.29, 0.717) is 19.3 Å². The summed E-state index contributed by atoms with van der Waals surface area (Å²) < 4.78 is 33.5. The number of hydrogen-bond donors (Lipinski definition) is 6. The summed E-state index contributed by atoms with van der Waals surface area (Å²) in [6, 6.07) is 0. The lowest BCUT2D eigenvalue weighted by Crippen LogP contribution is -2.64. The molecule has 13 nitrogen and oxygen atoms in total. The zero-order valence-corrected chi connectivity index (χ0v) is 38.3. The van der Waals surface area contributed by atoms with E-state index in [0.717, 1.165) is 44.9 Å². The van der Waals surface area contributed by atoms with E-state index in [9.17, 15) is 44.6 Å². The Morgan fingerprint density at radius 2 is 0.902 bits per heavy atom. The highest BCUT2D eigenvalue weighted by Gasteiger charge is 2.51. The van der Waals surface area contributed by atoms with Gasteiger partial charge in [0.15, 0.2) is 6.10 Å². The van der Waals surface area contributed by atoms with Gasteiger partial charge in [-0.25, -0.2) is 4.57 Å². The Labute approximate surface area is 367 Å². The van der Waals surface area contributed by atoms with Gasteiger partial charge in [-0.1, -0.05) is 165 Å². The molecule has 14 heteroatoms. The van der Waals surface area contributed by atoms with E-state index in [1.807, 2.05) is 12.2 Å². The molecule has 0 aromatic carbocycles. The number of phosphoric acid groups is 1. The van der Waals surface area contributed by atoms with E-state index >= 15 is 0 Å². The lowest BCUT2D eigenvalue weighted by Gasteiger charge is -2.41. The molecular weight excluding hydrogens is 803 g/mol. The van der Waals surface area contributed by atoms with Gasteiger partial charge in [-0.15, -0.1) is 0 Å². The number of aliphatic hydroxyl groups excluding tert-OH is 5. The van der Waals surface area contributed by atoms with E-state index < -0.39 is 75.7 Å². The molecule has 1 rings (SSSR count). The number of aliphatic hydroxyl groups is 5. The van der Waals surface area contributed by atoms with Gasteiger partial charge in [-0.3, -0.25) is 18.6 Å². The Balaban J connectivity index is 2.50. The highest BCUT2D eigenvalue weighted by Crippen LogP contribution is 2.47. The molecule has 0 aromatic heterocycles. The van der Waals surface area contributed by atoms with Crippen LogP contribution in [0.4, 0.5) is 0 Å². The first-order valence-corrected chi connectivity index (χ1v) is 24.9. The van der Waals surface area contributed by atoms with E-state index in [4.69, 9.17) is 18.5 Å². The molecule has 61 heavy (non-hydrogen) atoms. The maximum atomic E-state index is 12.8. The summed E-state index contributed by atoms with van der Waals surface area (Å²) in [5.74, 6) is -1.16. The lowest BCUT2D eigenvalue weighted by atomic mass is 9.85. The molecule has 0 heterocycles. The molecule has 0 saturated heterocycles. The van der Waals surface area contributed by atoms with Crippen molar-refractivity contribution in [2.75, 3.05) is 13.2 Å². The van der Waals surface area contributed by atoms with Gasteiger partial charge < -0.3 is 39.9 Å². The molecule has 6 unspecified atom stereocenters. The first-order valence-electron chi connectivity index (χ1n) is 23.4. The summed E-state index contributed by atoms with van der Waals surface area (Å²) >= 11 is 0. The van der Waals surface area contributed by atoms with Crippen LogP contribution in [0.15, 0.2) is 48.6 Å². The minimum atomic E-state index is -5.13. The molecule has 0 aromatic rings. The topological polar surface area (TPSA) is 210 Å². The lowest BCUT2D eigenvalue weighted by molar-refractivity contribution is -0.220. The standard InChI is InChI=1S/C47H83O13P/c1-3-5-7-9-11-13-15-17-19-20-22-24-26-28-30-32-34-36-41(49)59-39(38-58-61(55,56)60-47-45(53)43(51)42(50)44(52)46(47)54)37-57-40(48)35-33-31-29-27-25-23-21-18-16-14-12-10-8-6-4-2/h11,13,17,19,22,24,28,30,39,42-47,50-54H,3-10,12,14-16,18,20-21,23,25-27,29,31-38H2,1-2H3,(H,55,56)/b13-11-,19-17-,24-22-,30-28-/t39-,42?,43-,44?,45?,46?,47?/m1/s1. The molecule has 0 amide bonds. The molecular formula is C47H83O13P. The van der Waals surface area contributed by atoms with Gasteiger partial charge in [-0.05, 0) is 51.4 Å². The molecule has 1 aliphatic carbocycles. The fourth-order valence-corrected chi connectivity index (χ4v) is 7.84. The predicted octanol–water partition coefficient (Wildman–Crippen LogP) is 9.17. The van der Waals surface area contributed by atoms with E-state index in [2.05, 4.69) is 50.3 Å². The number of allylic oxidation sites excluding steroid dienone is 8. The normalized spacial score (nSPS) is 22.4. The van der Waals surface area contributed by atoms with Crippen LogP contribution in [0, 0.1) is 0 Å². The third-order valence-electron chi connectivity index (χ3n) is 10.7. The SMILES string of the molecule is CCCCC/C=C\C/C=C\C/C=C\C/C=C\CCCC(=O)O[C@H](COC(=O)CCCCCCCCCCCCCCCCC)COP(=O)(O)OC1C(O)C(O)C(O)[C@@H](O)C1O. The fourth-order valence-electron chi connectivity index (χ4n) is 6.87. The van der Waals surface area contributed by atoms with Gasteiger partial charge >= 0.3 is 19.8 Å². The summed E-state index contributed by atoms with van der Waals surface area (Å²) in [5, 5.41) is 50.1. The summed E-state index contributed by atoms with van der Waals surface area (Å²) in [7, 11) is -5.13. The van der Waals surface area contributed by atoms with Crippen LogP contribution in [0.3, 0.4) is 0 Å². The molecule has 8 atom stereocenters. The van der Waals surface area contributed by atoms with Gasteiger partial charge in [0.25, 0.3) is 0 Å². The Morgan fingerprint density at radius 3 is 1.39 bits per heavy atom. The number of carbonyl (C=O) groups excluding carboxylic acids is 2. The Bertz CT molecular complexity index is 1250. The minimum Gasteiger partial charge on any atom is -0.462 e. The molecule has 1 fully saturated rings. The molecule has 0 aliphatic heterocycles. The van der Waals surface area contributed by atoms with Crippen LogP contribution in [0.1, 0.15) is 181 Å². The number of unbranched alkanes of at least 4 members (excludes halogenated alkanes) is 18. The fraction of sp³-hybridized carbons (Fsp3) is 0.787. The van der Waals surface area contributed by atoms with Crippen molar-refractivity contribution in [1.29, 1.82) is 0 Å². The molecule has 1 aliphatic rings. The van der Waals surface area contributed by atoms with Crippen LogP contribution in [0.5, 0.6) is 0 Å². The van der Waals surface area contributed by atoms with Crippen molar-refractivity contribution in [3.63, 3.8) is 0 Å². The second-order valence-corrected chi connectivity index (χ2v) is 17.7. The van der Waals surface area contributed by atoms with Crippen molar-refractivity contribution in [2.24, 2.45) is 0 Å². The molecule has 6 N–H and O–H groups in total. The van der Waals surface area contributed by atoms with Crippen LogP contribution < -0.4 is 0 Å². The van der Waals surface area contributed by atoms with Gasteiger partial charge in [0.2, 0.25) is 0 Å². The average molecular weight is 887 g/mol.